The smallest absolute Gasteiger partial charge is 0.226 e. The molecule has 0 radical (unpaired) electrons. The number of phenolic OH excluding ortho intramolecular Hbond substituents is 1. The standard InChI is InChI=1S/C20H21NO4S/c1-21(2)18(23)10-12-5-8-16-14(9-12)20(26-4)19(25-16)13-6-7-15(22)17(11-13)24-3/h5-9,11,22H,10H2,1-4H3. The molecule has 136 valence electrons. The van der Waals surface area contributed by atoms with Gasteiger partial charge in [-0.3, -0.25) is 4.79 Å². The van der Waals surface area contributed by atoms with Crippen molar-refractivity contribution in [1.82, 2.24) is 4.90 Å². The zero-order valence-electron chi connectivity index (χ0n) is 15.2. The van der Waals surface area contributed by atoms with Gasteiger partial charge in [-0.05, 0) is 42.2 Å². The first-order valence-electron chi connectivity index (χ1n) is 8.11. The molecule has 0 aliphatic carbocycles. The van der Waals surface area contributed by atoms with Gasteiger partial charge >= 0.3 is 0 Å². The summed E-state index contributed by atoms with van der Waals surface area (Å²) >= 11 is 1.59. The quantitative estimate of drug-likeness (QED) is 0.682. The third-order valence-electron chi connectivity index (χ3n) is 4.21. The highest BCUT2D eigenvalue weighted by Gasteiger charge is 2.18. The zero-order valence-corrected chi connectivity index (χ0v) is 16.0. The first-order valence-corrected chi connectivity index (χ1v) is 9.34. The number of ether oxygens (including phenoxy) is 1. The van der Waals surface area contributed by atoms with Crippen molar-refractivity contribution in [1.29, 1.82) is 0 Å². The first-order chi connectivity index (χ1) is 12.4. The van der Waals surface area contributed by atoms with Gasteiger partial charge in [0.2, 0.25) is 5.91 Å². The number of amides is 1. The Morgan fingerprint density at radius 2 is 2.00 bits per heavy atom. The lowest BCUT2D eigenvalue weighted by Crippen LogP contribution is -2.23. The Hall–Kier alpha value is -2.60. The van der Waals surface area contributed by atoms with E-state index in [0.29, 0.717) is 12.2 Å². The van der Waals surface area contributed by atoms with Crippen molar-refractivity contribution < 1.29 is 19.1 Å². The minimum Gasteiger partial charge on any atom is -0.504 e. The van der Waals surface area contributed by atoms with Crippen molar-refractivity contribution in [2.75, 3.05) is 27.5 Å². The Morgan fingerprint density at radius 1 is 1.23 bits per heavy atom. The monoisotopic (exact) mass is 371 g/mol. The van der Waals surface area contributed by atoms with Crippen LogP contribution < -0.4 is 4.74 Å². The second-order valence-electron chi connectivity index (χ2n) is 6.15. The summed E-state index contributed by atoms with van der Waals surface area (Å²) in [7, 11) is 5.02. The highest BCUT2D eigenvalue weighted by Crippen LogP contribution is 2.41. The molecule has 5 nitrogen and oxygen atoms in total. The van der Waals surface area contributed by atoms with Crippen LogP contribution in [-0.4, -0.2) is 43.4 Å². The summed E-state index contributed by atoms with van der Waals surface area (Å²) < 4.78 is 11.3. The number of benzene rings is 2. The van der Waals surface area contributed by atoms with Crippen LogP contribution in [0, 0.1) is 0 Å². The van der Waals surface area contributed by atoms with E-state index in [1.165, 1.54) is 7.11 Å². The van der Waals surface area contributed by atoms with Crippen LogP contribution in [0.15, 0.2) is 45.7 Å². The van der Waals surface area contributed by atoms with Crippen molar-refractivity contribution in [3.8, 4) is 22.8 Å². The number of thioether (sulfide) groups is 1. The van der Waals surface area contributed by atoms with Gasteiger partial charge in [0.15, 0.2) is 11.5 Å². The van der Waals surface area contributed by atoms with Gasteiger partial charge in [-0.25, -0.2) is 0 Å². The lowest BCUT2D eigenvalue weighted by Gasteiger charge is -2.09. The molecule has 0 saturated carbocycles. The molecule has 3 aromatic rings. The third-order valence-corrected chi connectivity index (χ3v) is 5.02. The molecule has 1 amide bonds. The number of carbonyl (C=O) groups is 1. The minimum absolute atomic E-state index is 0.0574. The third kappa shape index (κ3) is 3.37. The van der Waals surface area contributed by atoms with Crippen molar-refractivity contribution >= 4 is 28.6 Å². The van der Waals surface area contributed by atoms with Crippen LogP contribution in [0.5, 0.6) is 11.5 Å². The van der Waals surface area contributed by atoms with Gasteiger partial charge in [-0.1, -0.05) is 6.07 Å². The van der Waals surface area contributed by atoms with Crippen LogP contribution in [0.25, 0.3) is 22.3 Å². The highest BCUT2D eigenvalue weighted by atomic mass is 32.2. The molecule has 0 spiro atoms. The molecule has 1 N–H and O–H groups in total. The average molecular weight is 371 g/mol. The molecule has 26 heavy (non-hydrogen) atoms. The van der Waals surface area contributed by atoms with Crippen LogP contribution in [0.4, 0.5) is 0 Å². The molecule has 0 aliphatic heterocycles. The van der Waals surface area contributed by atoms with Gasteiger partial charge in [0.05, 0.1) is 18.4 Å². The van der Waals surface area contributed by atoms with Crippen molar-refractivity contribution in [3.05, 3.63) is 42.0 Å². The predicted molar refractivity (Wildman–Crippen MR) is 104 cm³/mol. The molecule has 2 aromatic carbocycles. The first kappa shape index (κ1) is 18.2. The van der Waals surface area contributed by atoms with Gasteiger partial charge in [0.25, 0.3) is 0 Å². The number of hydrogen-bond donors (Lipinski definition) is 1. The number of methoxy groups -OCH3 is 1. The van der Waals surface area contributed by atoms with E-state index in [0.717, 1.165) is 32.8 Å². The number of fused-ring (bicyclic) bond motifs is 1. The molecule has 3 rings (SSSR count). The number of phenols is 1. The fourth-order valence-electron chi connectivity index (χ4n) is 2.78. The average Bonchev–Trinajstić information content (AvgIpc) is 2.99. The summed E-state index contributed by atoms with van der Waals surface area (Å²) in [6, 6.07) is 11.0. The second-order valence-corrected chi connectivity index (χ2v) is 6.96. The fourth-order valence-corrected chi connectivity index (χ4v) is 3.50. The van der Waals surface area contributed by atoms with Crippen molar-refractivity contribution in [2.45, 2.75) is 11.3 Å². The van der Waals surface area contributed by atoms with Crippen LogP contribution in [0.1, 0.15) is 5.56 Å². The number of rotatable bonds is 5. The summed E-state index contributed by atoms with van der Waals surface area (Å²) in [5.41, 5.74) is 2.53. The Labute approximate surface area is 156 Å². The van der Waals surface area contributed by atoms with E-state index < -0.39 is 0 Å². The van der Waals surface area contributed by atoms with E-state index in [9.17, 15) is 9.90 Å². The SMILES string of the molecule is COc1cc(-c2oc3ccc(CC(=O)N(C)C)cc3c2SC)ccc1O. The summed E-state index contributed by atoms with van der Waals surface area (Å²) in [5.74, 6) is 1.26. The maximum absolute atomic E-state index is 12.0. The maximum Gasteiger partial charge on any atom is 0.226 e. The largest absolute Gasteiger partial charge is 0.504 e. The lowest BCUT2D eigenvalue weighted by molar-refractivity contribution is -0.127. The normalized spacial score (nSPS) is 10.9. The zero-order chi connectivity index (χ0) is 18.8. The highest BCUT2D eigenvalue weighted by molar-refractivity contribution is 7.99. The molecule has 0 saturated heterocycles. The van der Waals surface area contributed by atoms with Crippen molar-refractivity contribution in [3.63, 3.8) is 0 Å². The fraction of sp³-hybridized carbons (Fsp3) is 0.250. The molecular formula is C20H21NO4S. The molecule has 0 fully saturated rings. The van der Waals surface area contributed by atoms with E-state index in [1.807, 2.05) is 24.5 Å². The molecule has 1 aromatic heterocycles. The number of nitrogens with zero attached hydrogens (tertiary/aromatic N) is 1. The molecule has 0 unspecified atom stereocenters. The van der Waals surface area contributed by atoms with Crippen molar-refractivity contribution in [2.24, 2.45) is 0 Å². The Balaban J connectivity index is 2.09. The van der Waals surface area contributed by atoms with Gasteiger partial charge in [0, 0.05) is 25.0 Å². The Kier molecular flexibility index (Phi) is 5.13. The van der Waals surface area contributed by atoms with Crippen LogP contribution in [0.2, 0.25) is 0 Å². The van der Waals surface area contributed by atoms with Crippen LogP contribution in [0.3, 0.4) is 0 Å². The summed E-state index contributed by atoms with van der Waals surface area (Å²) in [6.45, 7) is 0. The number of hydrogen-bond acceptors (Lipinski definition) is 5. The summed E-state index contributed by atoms with van der Waals surface area (Å²) in [6.07, 6.45) is 2.34. The van der Waals surface area contributed by atoms with Crippen LogP contribution in [-0.2, 0) is 11.2 Å². The number of carbonyl (C=O) groups excluding carboxylic acids is 1. The van der Waals surface area contributed by atoms with E-state index in [4.69, 9.17) is 9.15 Å². The van der Waals surface area contributed by atoms with Crippen LogP contribution >= 0.6 is 11.8 Å². The van der Waals surface area contributed by atoms with Gasteiger partial charge in [-0.2, -0.15) is 0 Å². The Morgan fingerprint density at radius 3 is 2.65 bits per heavy atom. The number of aromatic hydroxyl groups is 1. The minimum atomic E-state index is 0.0574. The number of likely N-dealkylation sites (N-methyl/N-ethyl adjacent to an activating group) is 1. The molecule has 0 aliphatic rings. The predicted octanol–water partition coefficient (Wildman–Crippen LogP) is 4.17. The summed E-state index contributed by atoms with van der Waals surface area (Å²) in [5, 5.41) is 10.8. The van der Waals surface area contributed by atoms with Gasteiger partial charge in [-0.15, -0.1) is 11.8 Å². The maximum atomic E-state index is 12.0. The molecule has 6 heteroatoms. The van der Waals surface area contributed by atoms with E-state index in [1.54, 1.807) is 49.0 Å². The number of furan rings is 1. The van der Waals surface area contributed by atoms with E-state index >= 15 is 0 Å². The van der Waals surface area contributed by atoms with E-state index in [2.05, 4.69) is 0 Å². The molecule has 0 bridgehead atoms. The Bertz CT molecular complexity index is 962. The van der Waals surface area contributed by atoms with Gasteiger partial charge < -0.3 is 19.2 Å². The second kappa shape index (κ2) is 7.33. The lowest BCUT2D eigenvalue weighted by atomic mass is 10.1. The topological polar surface area (TPSA) is 62.9 Å². The molecular weight excluding hydrogens is 350 g/mol. The molecule has 1 heterocycles. The van der Waals surface area contributed by atoms with Gasteiger partial charge in [0.1, 0.15) is 11.3 Å². The molecule has 0 atom stereocenters. The summed E-state index contributed by atoms with van der Waals surface area (Å²) in [4.78, 5) is 14.6. The van der Waals surface area contributed by atoms with E-state index in [-0.39, 0.29) is 11.7 Å².